The Morgan fingerprint density at radius 1 is 1.06 bits per heavy atom. The molecule has 1 aromatic carbocycles. The number of esters is 1. The molecule has 7 N–H and O–H groups in total. The van der Waals surface area contributed by atoms with Crippen molar-refractivity contribution in [1.29, 1.82) is 0 Å². The third-order valence-corrected chi connectivity index (χ3v) is 15.7. The number of nitrogens with two attached hydrogens (primary N) is 2. The van der Waals surface area contributed by atoms with Gasteiger partial charge < -0.3 is 36.7 Å². The minimum atomic E-state index is -0.621. The Morgan fingerprint density at radius 2 is 1.78 bits per heavy atom. The van der Waals surface area contributed by atoms with Crippen LogP contribution in [0.1, 0.15) is 91.0 Å². The van der Waals surface area contributed by atoms with E-state index in [0.717, 1.165) is 56.3 Å². The summed E-state index contributed by atoms with van der Waals surface area (Å²) in [5, 5.41) is 19.3. The number of rotatable bonds is 14. The second kappa shape index (κ2) is 15.3. The highest BCUT2D eigenvalue weighted by atomic mass is 32.2. The lowest BCUT2D eigenvalue weighted by molar-refractivity contribution is -0.261. The molecule has 284 valence electrons. The molecule has 1 aromatic rings. The van der Waals surface area contributed by atoms with Gasteiger partial charge in [-0.2, -0.15) is 0 Å². The normalized spacial score (nSPS) is 40.0. The molecule has 10 nitrogen and oxygen atoms in total. The van der Waals surface area contributed by atoms with Gasteiger partial charge in [-0.25, -0.2) is 0 Å². The molecule has 5 saturated carbocycles. The van der Waals surface area contributed by atoms with Crippen molar-refractivity contribution >= 4 is 29.4 Å². The van der Waals surface area contributed by atoms with Gasteiger partial charge in [0.2, 0.25) is 5.91 Å². The van der Waals surface area contributed by atoms with E-state index in [0.29, 0.717) is 68.3 Å². The summed E-state index contributed by atoms with van der Waals surface area (Å²) in [7, 11) is 0. The molecule has 1 amide bonds. The fraction of sp³-hybridized carbons (Fsp3) is 0.775. The molecule has 2 bridgehead atoms. The van der Waals surface area contributed by atoms with Crippen molar-refractivity contribution in [3.05, 3.63) is 29.8 Å². The molecule has 11 heteroatoms. The van der Waals surface area contributed by atoms with E-state index in [4.69, 9.17) is 20.9 Å². The predicted octanol–water partition coefficient (Wildman–Crippen LogP) is 4.20. The number of benzene rings is 1. The van der Waals surface area contributed by atoms with E-state index in [2.05, 4.69) is 38.3 Å². The molecule has 5 fully saturated rings. The maximum Gasteiger partial charge on any atom is 0.316 e. The molecule has 51 heavy (non-hydrogen) atoms. The van der Waals surface area contributed by atoms with Gasteiger partial charge in [-0.15, -0.1) is 11.8 Å². The highest BCUT2D eigenvalue weighted by molar-refractivity contribution is 8.00. The Bertz CT molecular complexity index is 1420. The van der Waals surface area contributed by atoms with Crippen LogP contribution in [0.2, 0.25) is 0 Å². The first-order chi connectivity index (χ1) is 24.3. The zero-order valence-corrected chi connectivity index (χ0v) is 32.0. The molecule has 6 rings (SSSR count). The Hall–Kier alpha value is -2.18. The minimum Gasteiger partial charge on any atom is -0.492 e. The van der Waals surface area contributed by atoms with Gasteiger partial charge >= 0.3 is 5.97 Å². The topological polar surface area (TPSA) is 166 Å². The van der Waals surface area contributed by atoms with Crippen LogP contribution in [0.5, 0.6) is 5.75 Å². The van der Waals surface area contributed by atoms with Crippen molar-refractivity contribution in [1.82, 2.24) is 10.6 Å². The highest BCUT2D eigenvalue weighted by Crippen LogP contribution is 2.82. The van der Waals surface area contributed by atoms with E-state index in [1.54, 1.807) is 11.8 Å². The van der Waals surface area contributed by atoms with Crippen LogP contribution in [0.15, 0.2) is 24.3 Å². The number of hydrogen-bond donors (Lipinski definition) is 5. The SMILES string of the molecule is C[C@@H]1CC23C[C@@]4(CCC2=O)[C@@H]3[C@]1(C)[C@H](OC(=O)CSC1CCC(CNC(=O)CN)CC1)C[C@](C)(CNCc1ccc(OCCN)cc1)[C@@H](O)[C@@H]4C. The lowest BCUT2D eigenvalue weighted by Crippen LogP contribution is -2.72. The Kier molecular flexibility index (Phi) is 11.5. The van der Waals surface area contributed by atoms with Crippen molar-refractivity contribution in [3.63, 3.8) is 0 Å². The minimum absolute atomic E-state index is 0.0135. The van der Waals surface area contributed by atoms with Crippen LogP contribution >= 0.6 is 11.8 Å². The van der Waals surface area contributed by atoms with Gasteiger partial charge in [-0.1, -0.05) is 39.8 Å². The Morgan fingerprint density at radius 3 is 2.47 bits per heavy atom. The number of thioether (sulfide) groups is 1. The third-order valence-electron chi connectivity index (χ3n) is 14.4. The standard InChI is InChI=1S/C40H62N4O6S/c1-25-17-40-23-39(14-13-31(40)45)26(2)35(48)37(3,24-43-20-27-5-9-29(10-6-27)49-16-15-41)18-32(38(25,4)36(39)40)50-34(47)22-51-30-11-7-28(8-12-30)21-44-33(46)19-42/h5-6,9-10,25-26,28,30,32,35-36,43,48H,7-8,11-24,41-42H2,1-4H3,(H,44,46)/t25-,26+,28?,30?,32-,35+,36+,37-,38+,39-,40?/m1/s1. The van der Waals surface area contributed by atoms with Gasteiger partial charge in [0, 0.05) is 54.1 Å². The molecule has 1 unspecified atom stereocenters. The number of Topliss-reactive ketones (excluding diaryl/α,β-unsaturated/α-hetero) is 1. The molecule has 0 aliphatic heterocycles. The number of amides is 1. The average molecular weight is 727 g/mol. The first kappa shape index (κ1) is 38.5. The number of ether oxygens (including phenoxy) is 2. The first-order valence-corrected chi connectivity index (χ1v) is 20.5. The van der Waals surface area contributed by atoms with Crippen LogP contribution in [0.3, 0.4) is 0 Å². The number of aliphatic hydroxyl groups excluding tert-OH is 1. The number of aliphatic hydroxyl groups is 1. The lowest BCUT2D eigenvalue weighted by Gasteiger charge is -2.72. The van der Waals surface area contributed by atoms with Crippen LogP contribution < -0.4 is 26.8 Å². The van der Waals surface area contributed by atoms with E-state index >= 15 is 0 Å². The van der Waals surface area contributed by atoms with Gasteiger partial charge in [-0.05, 0) is 98.1 Å². The summed E-state index contributed by atoms with van der Waals surface area (Å²) in [5.41, 5.74) is 10.7. The summed E-state index contributed by atoms with van der Waals surface area (Å²) in [4.78, 5) is 39.2. The molecule has 0 saturated heterocycles. The monoisotopic (exact) mass is 726 g/mol. The smallest absolute Gasteiger partial charge is 0.316 e. The number of hydrogen-bond acceptors (Lipinski definition) is 10. The van der Waals surface area contributed by atoms with Gasteiger partial charge in [0.25, 0.3) is 0 Å². The molecule has 2 spiro atoms. The zero-order chi connectivity index (χ0) is 36.6. The second-order valence-corrected chi connectivity index (χ2v) is 18.6. The van der Waals surface area contributed by atoms with E-state index < -0.39 is 17.6 Å². The predicted molar refractivity (Wildman–Crippen MR) is 200 cm³/mol. The van der Waals surface area contributed by atoms with Crippen molar-refractivity contribution in [2.45, 2.75) is 109 Å². The van der Waals surface area contributed by atoms with Crippen LogP contribution in [-0.4, -0.2) is 78.8 Å². The molecule has 5 aliphatic carbocycles. The Balaban J connectivity index is 1.17. The maximum absolute atomic E-state index is 13.8. The number of carbonyl (C=O) groups excluding carboxylic acids is 3. The Labute approximate surface area is 308 Å². The zero-order valence-electron chi connectivity index (χ0n) is 31.2. The average Bonchev–Trinajstić information content (AvgIpc) is 3.31. The lowest BCUT2D eigenvalue weighted by atomic mass is 9.32. The first-order valence-electron chi connectivity index (χ1n) is 19.4. The van der Waals surface area contributed by atoms with Crippen molar-refractivity contribution < 1.29 is 29.0 Å². The van der Waals surface area contributed by atoms with E-state index in [1.165, 1.54) is 0 Å². The maximum atomic E-state index is 13.8. The second-order valence-electron chi connectivity index (χ2n) is 17.3. The quantitative estimate of drug-likeness (QED) is 0.176. The van der Waals surface area contributed by atoms with Crippen molar-refractivity contribution in [2.75, 3.05) is 38.5 Å². The van der Waals surface area contributed by atoms with Gasteiger partial charge in [-0.3, -0.25) is 14.4 Å². The fourth-order valence-corrected chi connectivity index (χ4v) is 12.7. The van der Waals surface area contributed by atoms with Crippen molar-refractivity contribution in [2.24, 2.45) is 56.8 Å². The summed E-state index contributed by atoms with van der Waals surface area (Å²) >= 11 is 1.69. The molecule has 0 aromatic heterocycles. The molecular formula is C40H62N4O6S. The summed E-state index contributed by atoms with van der Waals surface area (Å²) in [6.07, 6.45) is 6.62. The highest BCUT2D eigenvalue weighted by Gasteiger charge is 2.81. The van der Waals surface area contributed by atoms with Crippen LogP contribution in [0, 0.1) is 45.3 Å². The molecule has 9 atom stereocenters. The van der Waals surface area contributed by atoms with E-state index in [1.807, 2.05) is 24.3 Å². The van der Waals surface area contributed by atoms with E-state index in [9.17, 15) is 19.5 Å². The summed E-state index contributed by atoms with van der Waals surface area (Å²) in [6, 6.07) is 8.00. The molecular weight excluding hydrogens is 665 g/mol. The van der Waals surface area contributed by atoms with Crippen molar-refractivity contribution in [3.8, 4) is 5.75 Å². The molecule has 0 radical (unpaired) electrons. The van der Waals surface area contributed by atoms with Gasteiger partial charge in [0.05, 0.1) is 18.4 Å². The molecule has 5 aliphatic rings. The van der Waals surface area contributed by atoms with Crippen LogP contribution in [-0.2, 0) is 25.7 Å². The van der Waals surface area contributed by atoms with Crippen LogP contribution in [0.4, 0.5) is 0 Å². The fourth-order valence-electron chi connectivity index (χ4n) is 11.6. The van der Waals surface area contributed by atoms with Crippen LogP contribution in [0.25, 0.3) is 0 Å². The molecule has 0 heterocycles. The van der Waals surface area contributed by atoms with E-state index in [-0.39, 0.29) is 52.4 Å². The summed E-state index contributed by atoms with van der Waals surface area (Å²) in [5.74, 6) is 1.94. The summed E-state index contributed by atoms with van der Waals surface area (Å²) < 4.78 is 12.3. The number of ketones is 1. The number of carbonyl (C=O) groups is 3. The summed E-state index contributed by atoms with van der Waals surface area (Å²) in [6.45, 7) is 11.8. The van der Waals surface area contributed by atoms with Gasteiger partial charge in [0.1, 0.15) is 24.2 Å². The third kappa shape index (κ3) is 7.11. The largest absolute Gasteiger partial charge is 0.492 e. The number of nitrogens with one attached hydrogen (secondary N) is 2. The van der Waals surface area contributed by atoms with Gasteiger partial charge in [0.15, 0.2) is 0 Å².